The van der Waals surface area contributed by atoms with Crippen LogP contribution in [0.4, 0.5) is 4.39 Å². The monoisotopic (exact) mass is 293 g/mol. The molecule has 3 heterocycles. The zero-order valence-corrected chi connectivity index (χ0v) is 11.8. The minimum Gasteiger partial charge on any atom is -0.274 e. The van der Waals surface area contributed by atoms with Crippen molar-refractivity contribution in [3.63, 3.8) is 0 Å². The topological polar surface area (TPSA) is 48.0 Å². The standard InChI is InChI=1S/C16H12FN5/c1-21-10-13(14-6-8-18-15-7-9-19-22(14)15)16(20-21)11-2-4-12(17)5-3-11/h2-10H,1H3. The molecule has 0 saturated heterocycles. The first-order valence-corrected chi connectivity index (χ1v) is 6.81. The van der Waals surface area contributed by atoms with E-state index < -0.39 is 0 Å². The van der Waals surface area contributed by atoms with Crippen molar-refractivity contribution < 1.29 is 4.39 Å². The van der Waals surface area contributed by atoms with Crippen molar-refractivity contribution in [1.29, 1.82) is 0 Å². The molecule has 3 aromatic heterocycles. The Morgan fingerprint density at radius 1 is 1.00 bits per heavy atom. The van der Waals surface area contributed by atoms with Crippen molar-refractivity contribution in [1.82, 2.24) is 24.4 Å². The summed E-state index contributed by atoms with van der Waals surface area (Å²) in [4.78, 5) is 4.27. The molecule has 0 radical (unpaired) electrons. The Labute approximate surface area is 125 Å². The van der Waals surface area contributed by atoms with E-state index in [1.54, 1.807) is 33.7 Å². The fourth-order valence-corrected chi connectivity index (χ4v) is 2.54. The molecule has 0 aliphatic carbocycles. The predicted octanol–water partition coefficient (Wildman–Crippen LogP) is 2.94. The predicted molar refractivity (Wildman–Crippen MR) is 80.6 cm³/mol. The van der Waals surface area contributed by atoms with E-state index in [1.165, 1.54) is 12.1 Å². The number of hydrogen-bond donors (Lipinski definition) is 0. The smallest absolute Gasteiger partial charge is 0.155 e. The molecule has 5 nitrogen and oxygen atoms in total. The van der Waals surface area contributed by atoms with Crippen molar-refractivity contribution in [2.75, 3.05) is 0 Å². The lowest BCUT2D eigenvalue weighted by atomic mass is 10.1. The van der Waals surface area contributed by atoms with Crippen molar-refractivity contribution in [2.45, 2.75) is 0 Å². The number of hydrogen-bond acceptors (Lipinski definition) is 3. The molecule has 0 N–H and O–H groups in total. The molecule has 6 heteroatoms. The van der Waals surface area contributed by atoms with Gasteiger partial charge in [0.05, 0.1) is 11.9 Å². The van der Waals surface area contributed by atoms with Crippen LogP contribution in [0.1, 0.15) is 0 Å². The van der Waals surface area contributed by atoms with Gasteiger partial charge in [0.25, 0.3) is 0 Å². The molecule has 0 aliphatic rings. The van der Waals surface area contributed by atoms with E-state index in [0.717, 1.165) is 28.2 Å². The third-order valence-electron chi connectivity index (χ3n) is 3.51. The van der Waals surface area contributed by atoms with Gasteiger partial charge in [-0.2, -0.15) is 10.2 Å². The number of rotatable bonds is 2. The van der Waals surface area contributed by atoms with Gasteiger partial charge in [0.2, 0.25) is 0 Å². The summed E-state index contributed by atoms with van der Waals surface area (Å²) in [5.41, 5.74) is 4.22. The number of nitrogens with zero attached hydrogens (tertiary/aromatic N) is 5. The Morgan fingerprint density at radius 2 is 1.82 bits per heavy atom. The van der Waals surface area contributed by atoms with Crippen molar-refractivity contribution in [3.05, 3.63) is 60.8 Å². The molecule has 0 fully saturated rings. The largest absolute Gasteiger partial charge is 0.274 e. The van der Waals surface area contributed by atoms with Gasteiger partial charge in [0, 0.05) is 36.6 Å². The number of aromatic nitrogens is 5. The van der Waals surface area contributed by atoms with Crippen LogP contribution in [0.25, 0.3) is 28.2 Å². The minimum atomic E-state index is -0.264. The van der Waals surface area contributed by atoms with Crippen molar-refractivity contribution in [3.8, 4) is 22.5 Å². The lowest BCUT2D eigenvalue weighted by molar-refractivity contribution is 0.628. The number of fused-ring (bicyclic) bond motifs is 1. The van der Waals surface area contributed by atoms with Gasteiger partial charge in [-0.3, -0.25) is 4.68 Å². The Morgan fingerprint density at radius 3 is 2.64 bits per heavy atom. The maximum Gasteiger partial charge on any atom is 0.155 e. The Bertz CT molecular complexity index is 952. The van der Waals surface area contributed by atoms with E-state index in [1.807, 2.05) is 25.4 Å². The fourth-order valence-electron chi connectivity index (χ4n) is 2.54. The number of benzene rings is 1. The van der Waals surface area contributed by atoms with Gasteiger partial charge in [-0.05, 0) is 30.3 Å². The summed E-state index contributed by atoms with van der Waals surface area (Å²) in [5.74, 6) is -0.264. The van der Waals surface area contributed by atoms with Crippen LogP contribution in [-0.4, -0.2) is 24.4 Å². The second-order valence-electron chi connectivity index (χ2n) is 5.00. The molecule has 0 unspecified atom stereocenters. The number of aryl methyl sites for hydroxylation is 1. The zero-order chi connectivity index (χ0) is 15.1. The highest BCUT2D eigenvalue weighted by Crippen LogP contribution is 2.30. The van der Waals surface area contributed by atoms with Crippen LogP contribution < -0.4 is 0 Å². The second kappa shape index (κ2) is 4.77. The molecule has 4 rings (SSSR count). The number of halogens is 1. The van der Waals surface area contributed by atoms with Crippen LogP contribution in [0, 0.1) is 5.82 Å². The van der Waals surface area contributed by atoms with Crippen LogP contribution >= 0.6 is 0 Å². The minimum absolute atomic E-state index is 0.264. The lowest BCUT2D eigenvalue weighted by Crippen LogP contribution is -1.95. The highest BCUT2D eigenvalue weighted by Gasteiger charge is 2.15. The molecule has 108 valence electrons. The Hall–Kier alpha value is -3.02. The van der Waals surface area contributed by atoms with Gasteiger partial charge in [-0.1, -0.05) is 0 Å². The first-order valence-electron chi connectivity index (χ1n) is 6.81. The second-order valence-corrected chi connectivity index (χ2v) is 5.00. The first-order chi connectivity index (χ1) is 10.7. The summed E-state index contributed by atoms with van der Waals surface area (Å²) >= 11 is 0. The Balaban J connectivity index is 1.96. The summed E-state index contributed by atoms with van der Waals surface area (Å²) < 4.78 is 16.7. The van der Waals surface area contributed by atoms with E-state index in [2.05, 4.69) is 15.2 Å². The van der Waals surface area contributed by atoms with E-state index in [0.29, 0.717) is 0 Å². The summed E-state index contributed by atoms with van der Waals surface area (Å²) in [6.45, 7) is 0. The average molecular weight is 293 g/mol. The van der Waals surface area contributed by atoms with E-state index in [9.17, 15) is 4.39 Å². The highest BCUT2D eigenvalue weighted by molar-refractivity contribution is 5.79. The van der Waals surface area contributed by atoms with Crippen LogP contribution in [0.15, 0.2) is 55.0 Å². The molecule has 0 spiro atoms. The first kappa shape index (κ1) is 12.7. The van der Waals surface area contributed by atoms with E-state index >= 15 is 0 Å². The summed E-state index contributed by atoms with van der Waals surface area (Å²) in [5, 5.41) is 8.82. The molecule has 1 aromatic carbocycles. The van der Waals surface area contributed by atoms with Gasteiger partial charge < -0.3 is 0 Å². The third kappa shape index (κ3) is 1.96. The summed E-state index contributed by atoms with van der Waals surface area (Å²) in [6.07, 6.45) is 5.38. The summed E-state index contributed by atoms with van der Waals surface area (Å²) in [7, 11) is 1.86. The highest BCUT2D eigenvalue weighted by atomic mass is 19.1. The van der Waals surface area contributed by atoms with Gasteiger partial charge in [0.1, 0.15) is 11.5 Å². The Kier molecular flexibility index (Phi) is 2.75. The van der Waals surface area contributed by atoms with Gasteiger partial charge in [0.15, 0.2) is 5.65 Å². The molecule has 0 bridgehead atoms. The van der Waals surface area contributed by atoms with E-state index in [4.69, 9.17) is 0 Å². The SMILES string of the molecule is Cn1cc(-c2ccnc3ccnn23)c(-c2ccc(F)cc2)n1. The van der Waals surface area contributed by atoms with Gasteiger partial charge >= 0.3 is 0 Å². The van der Waals surface area contributed by atoms with Crippen LogP contribution in [-0.2, 0) is 7.05 Å². The van der Waals surface area contributed by atoms with Gasteiger partial charge in [-0.15, -0.1) is 0 Å². The maximum absolute atomic E-state index is 13.1. The van der Waals surface area contributed by atoms with Crippen molar-refractivity contribution in [2.24, 2.45) is 7.05 Å². The average Bonchev–Trinajstić information content (AvgIpc) is 3.14. The van der Waals surface area contributed by atoms with Crippen LogP contribution in [0.5, 0.6) is 0 Å². The molecular formula is C16H12FN5. The lowest BCUT2D eigenvalue weighted by Gasteiger charge is -2.05. The van der Waals surface area contributed by atoms with Crippen LogP contribution in [0.2, 0.25) is 0 Å². The van der Waals surface area contributed by atoms with Crippen molar-refractivity contribution >= 4 is 5.65 Å². The molecule has 0 saturated carbocycles. The quantitative estimate of drug-likeness (QED) is 0.571. The fraction of sp³-hybridized carbons (Fsp3) is 0.0625. The maximum atomic E-state index is 13.1. The normalized spacial score (nSPS) is 11.2. The zero-order valence-electron chi connectivity index (χ0n) is 11.8. The molecule has 0 atom stereocenters. The van der Waals surface area contributed by atoms with Gasteiger partial charge in [-0.25, -0.2) is 13.9 Å². The van der Waals surface area contributed by atoms with E-state index in [-0.39, 0.29) is 5.82 Å². The molecular weight excluding hydrogens is 281 g/mol. The molecule has 0 amide bonds. The molecule has 22 heavy (non-hydrogen) atoms. The third-order valence-corrected chi connectivity index (χ3v) is 3.51. The van der Waals surface area contributed by atoms with Crippen LogP contribution in [0.3, 0.4) is 0 Å². The molecule has 4 aromatic rings. The molecule has 0 aliphatic heterocycles. The summed E-state index contributed by atoms with van der Waals surface area (Å²) in [6, 6.07) is 10.1.